The molecule has 0 nitrogen and oxygen atoms in total. The van der Waals surface area contributed by atoms with E-state index < -0.39 is 0 Å². The second-order valence-corrected chi connectivity index (χ2v) is 4.41. The summed E-state index contributed by atoms with van der Waals surface area (Å²) in [5.41, 5.74) is 4.30. The molecule has 3 aromatic rings. The minimum absolute atomic E-state index is 0.361. The lowest BCUT2D eigenvalue weighted by molar-refractivity contribution is 1.27. The van der Waals surface area contributed by atoms with Crippen molar-refractivity contribution < 1.29 is 2.74 Å². The van der Waals surface area contributed by atoms with Crippen molar-refractivity contribution >= 4 is 10.8 Å². The van der Waals surface area contributed by atoms with Crippen LogP contribution in [0, 0.1) is 0 Å². The number of benzene rings is 3. The quantitative estimate of drug-likeness (QED) is 0.524. The maximum absolute atomic E-state index is 8.38. The van der Waals surface area contributed by atoms with Crippen molar-refractivity contribution in [2.75, 3.05) is 0 Å². The molecule has 1 aliphatic rings. The average molecular weight is 218 g/mol. The lowest BCUT2D eigenvalue weighted by Crippen LogP contribution is -1.81. The molecular weight excluding hydrogens is 204 g/mol. The predicted octanol–water partition coefficient (Wildman–Crippen LogP) is 4.41. The molecule has 0 bridgehead atoms. The van der Waals surface area contributed by atoms with Crippen molar-refractivity contribution in [1.29, 1.82) is 0 Å². The van der Waals surface area contributed by atoms with Gasteiger partial charge < -0.3 is 0 Å². The molecule has 0 N–H and O–H groups in total. The second-order valence-electron chi connectivity index (χ2n) is 4.41. The minimum Gasteiger partial charge on any atom is -0.0619 e. The Morgan fingerprint density at radius 3 is 2.82 bits per heavy atom. The second kappa shape index (κ2) is 3.21. The van der Waals surface area contributed by atoms with Crippen LogP contribution >= 0.6 is 0 Å². The average Bonchev–Trinajstić information content (AvgIpc) is 2.72. The monoisotopic (exact) mass is 218 g/mol. The van der Waals surface area contributed by atoms with Gasteiger partial charge in [0, 0.05) is 1.37 Å². The van der Waals surface area contributed by atoms with Crippen molar-refractivity contribution in [2.45, 2.75) is 6.40 Å². The van der Waals surface area contributed by atoms with Crippen LogP contribution in [0.1, 0.15) is 13.9 Å². The molecule has 0 aliphatic heterocycles. The first-order valence-corrected chi connectivity index (χ1v) is 5.80. The van der Waals surface area contributed by atoms with Gasteiger partial charge in [-0.15, -0.1) is 0 Å². The topological polar surface area (TPSA) is 0 Å². The van der Waals surface area contributed by atoms with Crippen LogP contribution in [0.25, 0.3) is 21.9 Å². The maximum atomic E-state index is 8.38. The number of hydrogen-bond donors (Lipinski definition) is 0. The van der Waals surface area contributed by atoms with E-state index in [4.69, 9.17) is 2.74 Å². The first-order chi connectivity index (χ1) is 9.25. The summed E-state index contributed by atoms with van der Waals surface area (Å²) in [7, 11) is 0. The molecule has 0 saturated heterocycles. The summed E-state index contributed by atoms with van der Waals surface area (Å²) in [5, 5.41) is 2.41. The zero-order valence-corrected chi connectivity index (χ0v) is 9.27. The van der Waals surface area contributed by atoms with Gasteiger partial charge in [-0.05, 0) is 39.4 Å². The van der Waals surface area contributed by atoms with E-state index in [0.717, 1.165) is 16.7 Å². The normalized spacial score (nSPS) is 18.5. The Morgan fingerprint density at radius 1 is 0.882 bits per heavy atom. The number of rotatable bonds is 0. The standard InChI is InChI=1S/C17H12/c1-3-7-15-12(5-1)9-10-14-11-13-6-2-4-8-16(13)17(14)15/h1-10H,11H2/i2D,11D. The van der Waals surface area contributed by atoms with E-state index in [9.17, 15) is 0 Å². The predicted molar refractivity (Wildman–Crippen MR) is 72.2 cm³/mol. The van der Waals surface area contributed by atoms with E-state index in [-0.39, 0.29) is 6.40 Å². The fourth-order valence-electron chi connectivity index (χ4n) is 2.67. The van der Waals surface area contributed by atoms with E-state index in [1.54, 1.807) is 0 Å². The molecule has 1 unspecified atom stereocenters. The fraction of sp³-hybridized carbons (Fsp3) is 0.0588. The molecule has 1 aliphatic carbocycles. The Labute approximate surface area is 103 Å². The van der Waals surface area contributed by atoms with Crippen LogP contribution in [0.4, 0.5) is 0 Å². The van der Waals surface area contributed by atoms with Gasteiger partial charge in [0.05, 0.1) is 1.37 Å². The van der Waals surface area contributed by atoms with Crippen LogP contribution in [-0.4, -0.2) is 0 Å². The van der Waals surface area contributed by atoms with Gasteiger partial charge in [-0.2, -0.15) is 0 Å². The van der Waals surface area contributed by atoms with Crippen molar-refractivity contribution in [2.24, 2.45) is 0 Å². The van der Waals surface area contributed by atoms with Gasteiger partial charge in [0.1, 0.15) is 0 Å². The summed E-state index contributed by atoms with van der Waals surface area (Å²) < 4.78 is 16.1. The molecule has 3 aromatic carbocycles. The van der Waals surface area contributed by atoms with Crippen LogP contribution in [0.3, 0.4) is 0 Å². The largest absolute Gasteiger partial charge is 0.0623 e. The van der Waals surface area contributed by atoms with Crippen molar-refractivity contribution in [3.63, 3.8) is 0 Å². The number of hydrogen-bond acceptors (Lipinski definition) is 0. The van der Waals surface area contributed by atoms with Crippen LogP contribution < -0.4 is 0 Å². The molecular formula is C17H12. The Bertz CT molecular complexity index is 805. The first-order valence-electron chi connectivity index (χ1n) is 6.88. The lowest BCUT2D eigenvalue weighted by atomic mass is 9.98. The summed E-state index contributed by atoms with van der Waals surface area (Å²) in [5.74, 6) is 0. The third-order valence-electron chi connectivity index (χ3n) is 3.44. The third-order valence-corrected chi connectivity index (χ3v) is 3.44. The SMILES string of the molecule is [2H]c1ccc2c(c1)C([2H])c1ccc3ccccc3c1-2. The number of fused-ring (bicyclic) bond motifs is 5. The molecule has 0 saturated carbocycles. The van der Waals surface area contributed by atoms with Crippen LogP contribution in [-0.2, 0) is 6.40 Å². The summed E-state index contributed by atoms with van der Waals surface area (Å²) in [6, 6.07) is 18.5. The highest BCUT2D eigenvalue weighted by Crippen LogP contribution is 2.40. The van der Waals surface area contributed by atoms with Crippen molar-refractivity contribution in [1.82, 2.24) is 0 Å². The van der Waals surface area contributed by atoms with E-state index >= 15 is 0 Å². The Morgan fingerprint density at radius 2 is 1.82 bits per heavy atom. The smallest absolute Gasteiger partial charge is 0.0619 e. The van der Waals surface area contributed by atoms with E-state index in [2.05, 4.69) is 24.3 Å². The molecule has 0 heteroatoms. The fourth-order valence-corrected chi connectivity index (χ4v) is 2.67. The third kappa shape index (κ3) is 1.18. The molecule has 0 heterocycles. The van der Waals surface area contributed by atoms with Gasteiger partial charge >= 0.3 is 0 Å². The molecule has 0 fully saturated rings. The zero-order valence-electron chi connectivity index (χ0n) is 11.3. The Balaban J connectivity index is 2.15. The van der Waals surface area contributed by atoms with Gasteiger partial charge in [-0.25, -0.2) is 0 Å². The summed E-state index contributed by atoms with van der Waals surface area (Å²) in [6.45, 7) is 0. The van der Waals surface area contributed by atoms with Gasteiger partial charge in [0.2, 0.25) is 0 Å². The highest BCUT2D eigenvalue weighted by molar-refractivity contribution is 6.00. The molecule has 0 aromatic heterocycles. The molecule has 0 radical (unpaired) electrons. The van der Waals surface area contributed by atoms with Gasteiger partial charge in [0.15, 0.2) is 0 Å². The highest BCUT2D eigenvalue weighted by Gasteiger charge is 2.19. The molecule has 0 spiro atoms. The van der Waals surface area contributed by atoms with Crippen LogP contribution in [0.5, 0.6) is 0 Å². The van der Waals surface area contributed by atoms with Gasteiger partial charge in [-0.1, -0.05) is 60.6 Å². The van der Waals surface area contributed by atoms with Gasteiger partial charge in [0.25, 0.3) is 0 Å². The minimum atomic E-state index is -0.361. The Hall–Kier alpha value is -2.08. The lowest BCUT2D eigenvalue weighted by Gasteiger charge is -2.06. The molecule has 1 atom stereocenters. The maximum Gasteiger partial charge on any atom is 0.0623 e. The van der Waals surface area contributed by atoms with Crippen molar-refractivity contribution in [3.05, 3.63) is 71.8 Å². The van der Waals surface area contributed by atoms with E-state index in [1.165, 1.54) is 16.3 Å². The summed E-state index contributed by atoms with van der Waals surface area (Å²) in [4.78, 5) is 0. The van der Waals surface area contributed by atoms with Crippen molar-refractivity contribution in [3.8, 4) is 11.1 Å². The summed E-state index contributed by atoms with van der Waals surface area (Å²) >= 11 is 0. The molecule has 0 amide bonds. The summed E-state index contributed by atoms with van der Waals surface area (Å²) in [6.07, 6.45) is -0.361. The van der Waals surface area contributed by atoms with E-state index in [0.29, 0.717) is 6.04 Å². The molecule has 80 valence electrons. The van der Waals surface area contributed by atoms with Crippen LogP contribution in [0.15, 0.2) is 60.6 Å². The first kappa shape index (κ1) is 7.29. The van der Waals surface area contributed by atoms with Gasteiger partial charge in [-0.3, -0.25) is 0 Å². The molecule has 17 heavy (non-hydrogen) atoms. The Kier molecular flexibility index (Phi) is 1.37. The van der Waals surface area contributed by atoms with E-state index in [1.807, 2.05) is 30.3 Å². The van der Waals surface area contributed by atoms with Crippen LogP contribution in [0.2, 0.25) is 0 Å². The molecule has 4 rings (SSSR count). The highest BCUT2D eigenvalue weighted by atomic mass is 14.2. The zero-order chi connectivity index (χ0) is 13.0.